The first-order valence-corrected chi connectivity index (χ1v) is 6.75. The Bertz CT molecular complexity index is 313. The van der Waals surface area contributed by atoms with Crippen molar-refractivity contribution in [1.29, 1.82) is 0 Å². The van der Waals surface area contributed by atoms with Crippen molar-refractivity contribution in [2.24, 2.45) is 0 Å². The summed E-state index contributed by atoms with van der Waals surface area (Å²) in [4.78, 5) is 20.0. The average molecular weight is 420 g/mol. The molecule has 0 aromatic rings. The molecule has 153 valence electrons. The zero-order chi connectivity index (χ0) is 19.2. The van der Waals surface area contributed by atoms with Crippen LogP contribution in [0.2, 0.25) is 0 Å². The van der Waals surface area contributed by atoms with Gasteiger partial charge in [0.25, 0.3) is 0 Å². The van der Waals surface area contributed by atoms with E-state index >= 15 is 0 Å². The van der Waals surface area contributed by atoms with E-state index in [1.165, 1.54) is 0 Å². The maximum Gasteiger partial charge on any atom is 2.00 e. The predicted octanol–water partition coefficient (Wildman–Crippen LogP) is -7.92. The van der Waals surface area contributed by atoms with Crippen LogP contribution >= 0.6 is 0 Å². The molecule has 13 heteroatoms. The van der Waals surface area contributed by atoms with E-state index in [0.29, 0.717) is 0 Å². The standard InChI is InChI=1S/2C6H13NO5.Cu/c2*8-2-6(3-9,4-10)7-1-5(11)12;/h2*7-10H,1-4H2,(H,11,12);/q;;+2/p-2. The zero-order valence-corrected chi connectivity index (χ0v) is 14.2. The second kappa shape index (κ2) is 15.4. The Balaban J connectivity index is -0.000000372. The Hall–Kier alpha value is -0.861. The van der Waals surface area contributed by atoms with Crippen LogP contribution in [0.25, 0.3) is 0 Å². The molecule has 0 aliphatic rings. The van der Waals surface area contributed by atoms with Crippen LogP contribution in [0, 0.1) is 0 Å². The van der Waals surface area contributed by atoms with Gasteiger partial charge in [-0.1, -0.05) is 0 Å². The van der Waals surface area contributed by atoms with Crippen LogP contribution in [0.3, 0.4) is 0 Å². The fourth-order valence-corrected chi connectivity index (χ4v) is 1.15. The first kappa shape index (κ1) is 28.9. The molecule has 0 aliphatic heterocycles. The molecule has 0 rings (SSSR count). The van der Waals surface area contributed by atoms with Gasteiger partial charge in [-0.2, -0.15) is 0 Å². The number of aliphatic hydroxyl groups excluding tert-OH is 6. The topological polar surface area (TPSA) is 226 Å². The summed E-state index contributed by atoms with van der Waals surface area (Å²) in [5.41, 5.74) is -2.69. The van der Waals surface area contributed by atoms with Crippen LogP contribution in [-0.2, 0) is 26.7 Å². The Morgan fingerprint density at radius 1 is 0.640 bits per heavy atom. The van der Waals surface area contributed by atoms with Gasteiger partial charge in [-0.3, -0.25) is 0 Å². The van der Waals surface area contributed by atoms with Crippen LogP contribution in [0.1, 0.15) is 0 Å². The Labute approximate surface area is 154 Å². The summed E-state index contributed by atoms with van der Waals surface area (Å²) >= 11 is 0. The summed E-state index contributed by atoms with van der Waals surface area (Å²) in [5, 5.41) is 76.7. The third kappa shape index (κ3) is 12.2. The first-order chi connectivity index (χ1) is 11.2. The van der Waals surface area contributed by atoms with E-state index in [1.807, 2.05) is 0 Å². The molecule has 12 nitrogen and oxygen atoms in total. The van der Waals surface area contributed by atoms with Gasteiger partial charge in [0.2, 0.25) is 0 Å². The van der Waals surface area contributed by atoms with Gasteiger partial charge in [0.05, 0.1) is 62.7 Å². The maximum atomic E-state index is 9.98. The van der Waals surface area contributed by atoms with E-state index < -0.39 is 75.7 Å². The Morgan fingerprint density at radius 2 is 0.840 bits per heavy atom. The fraction of sp³-hybridized carbons (Fsp3) is 0.833. The number of carbonyl (C=O) groups is 2. The predicted molar refractivity (Wildman–Crippen MR) is 74.0 cm³/mol. The van der Waals surface area contributed by atoms with E-state index in [1.54, 1.807) is 0 Å². The van der Waals surface area contributed by atoms with Crippen LogP contribution in [-0.4, -0.2) is 106 Å². The first-order valence-electron chi connectivity index (χ1n) is 6.75. The van der Waals surface area contributed by atoms with Crippen molar-refractivity contribution in [2.45, 2.75) is 11.1 Å². The SMILES string of the molecule is O=C([O-])CNC(CO)(CO)CO.O=C([O-])CNC(CO)(CO)CO.[Cu+2]. The summed E-state index contributed by atoms with van der Waals surface area (Å²) in [6.45, 7) is -4.34. The minimum absolute atomic E-state index is 0. The van der Waals surface area contributed by atoms with Gasteiger partial charge in [0.15, 0.2) is 0 Å². The summed E-state index contributed by atoms with van der Waals surface area (Å²) in [6.07, 6.45) is 0. The number of hydrogen-bond donors (Lipinski definition) is 8. The third-order valence-corrected chi connectivity index (χ3v) is 3.03. The number of carbonyl (C=O) groups excluding carboxylic acids is 2. The molecule has 25 heavy (non-hydrogen) atoms. The van der Waals surface area contributed by atoms with Crippen molar-refractivity contribution in [1.82, 2.24) is 10.6 Å². The van der Waals surface area contributed by atoms with Gasteiger partial charge in [-0.25, -0.2) is 0 Å². The van der Waals surface area contributed by atoms with Crippen molar-refractivity contribution in [2.75, 3.05) is 52.7 Å². The number of carboxylic acids is 2. The number of aliphatic carboxylic acids is 2. The smallest absolute Gasteiger partial charge is 0.549 e. The number of hydrogen-bond acceptors (Lipinski definition) is 12. The molecule has 0 bridgehead atoms. The van der Waals surface area contributed by atoms with E-state index in [0.717, 1.165) is 0 Å². The van der Waals surface area contributed by atoms with Gasteiger partial charge in [-0.05, 0) is 0 Å². The third-order valence-electron chi connectivity index (χ3n) is 3.03. The second-order valence-corrected chi connectivity index (χ2v) is 4.96. The van der Waals surface area contributed by atoms with Crippen LogP contribution in [0.4, 0.5) is 0 Å². The number of nitrogens with one attached hydrogen (secondary N) is 2. The van der Waals surface area contributed by atoms with E-state index in [4.69, 9.17) is 30.6 Å². The molecule has 0 spiro atoms. The Morgan fingerprint density at radius 3 is 0.960 bits per heavy atom. The van der Waals surface area contributed by atoms with Gasteiger partial charge >= 0.3 is 17.1 Å². The molecule has 0 amide bonds. The van der Waals surface area contributed by atoms with Crippen molar-refractivity contribution in [3.05, 3.63) is 0 Å². The van der Waals surface area contributed by atoms with Crippen molar-refractivity contribution in [3.63, 3.8) is 0 Å². The summed E-state index contributed by atoms with van der Waals surface area (Å²) in [6, 6.07) is 0. The Kier molecular flexibility index (Phi) is 17.8. The van der Waals surface area contributed by atoms with Crippen LogP contribution in [0.5, 0.6) is 0 Å². The largest absolute Gasteiger partial charge is 2.00 e. The number of aliphatic hydroxyl groups is 6. The molecule has 0 aromatic heterocycles. The number of rotatable bonds is 12. The van der Waals surface area contributed by atoms with Crippen LogP contribution in [0.15, 0.2) is 0 Å². The van der Waals surface area contributed by atoms with Crippen molar-refractivity contribution < 1.29 is 67.5 Å². The van der Waals surface area contributed by atoms with E-state index in [-0.39, 0.29) is 17.1 Å². The molecule has 0 fully saturated rings. The minimum atomic E-state index is -1.37. The second-order valence-electron chi connectivity index (χ2n) is 4.96. The van der Waals surface area contributed by atoms with Gasteiger partial charge < -0.3 is 61.1 Å². The molecular weight excluding hydrogens is 396 g/mol. The molecule has 0 aromatic carbocycles. The average Bonchev–Trinajstić information content (AvgIpc) is 2.59. The number of carboxylic acid groups (broad SMARTS) is 2. The monoisotopic (exact) mass is 419 g/mol. The molecule has 0 saturated carbocycles. The molecule has 0 aliphatic carbocycles. The summed E-state index contributed by atoms with van der Waals surface area (Å²) < 4.78 is 0. The molecule has 0 unspecified atom stereocenters. The zero-order valence-electron chi connectivity index (χ0n) is 13.3. The maximum absolute atomic E-state index is 9.98. The molecule has 1 radical (unpaired) electrons. The van der Waals surface area contributed by atoms with Crippen molar-refractivity contribution >= 4 is 11.9 Å². The molecule has 0 saturated heterocycles. The van der Waals surface area contributed by atoms with E-state index in [9.17, 15) is 19.8 Å². The minimum Gasteiger partial charge on any atom is -0.549 e. The van der Waals surface area contributed by atoms with Crippen LogP contribution < -0.4 is 20.8 Å². The molecular formula is C12H24CuN2O10. The van der Waals surface area contributed by atoms with Gasteiger partial charge in [0.1, 0.15) is 0 Å². The van der Waals surface area contributed by atoms with Crippen molar-refractivity contribution in [3.8, 4) is 0 Å². The van der Waals surface area contributed by atoms with Gasteiger partial charge in [0, 0.05) is 13.1 Å². The fourth-order valence-electron chi connectivity index (χ4n) is 1.15. The molecule has 8 N–H and O–H groups in total. The van der Waals surface area contributed by atoms with E-state index in [2.05, 4.69) is 10.6 Å². The molecule has 0 heterocycles. The summed E-state index contributed by atoms with van der Waals surface area (Å²) in [5.74, 6) is -2.73. The quantitative estimate of drug-likeness (QED) is 0.138. The molecule has 0 atom stereocenters. The van der Waals surface area contributed by atoms with Gasteiger partial charge in [-0.15, -0.1) is 0 Å². The summed E-state index contributed by atoms with van der Waals surface area (Å²) in [7, 11) is 0. The normalized spacial score (nSPS) is 11.1.